The van der Waals surface area contributed by atoms with Crippen LogP contribution in [0.1, 0.15) is 44.7 Å². The number of aldehydes is 2. The normalized spacial score (nSPS) is 11.7. The van der Waals surface area contributed by atoms with Gasteiger partial charge in [-0.1, -0.05) is 43.3 Å². The lowest BCUT2D eigenvalue weighted by Gasteiger charge is -2.18. The average Bonchev–Trinajstić information content (AvgIpc) is 2.53. The van der Waals surface area contributed by atoms with Crippen molar-refractivity contribution in [2.45, 2.75) is 12.8 Å². The van der Waals surface area contributed by atoms with Crippen LogP contribution in [0.15, 0.2) is 42.5 Å². The molecule has 2 aromatic carbocycles. The monoisotopic (exact) mass is 267 g/mol. The van der Waals surface area contributed by atoms with Crippen LogP contribution in [0, 0.1) is 0 Å². The van der Waals surface area contributed by atoms with Crippen molar-refractivity contribution in [1.29, 1.82) is 0 Å². The van der Waals surface area contributed by atoms with E-state index in [1.54, 1.807) is 6.07 Å². The zero-order valence-electron chi connectivity index (χ0n) is 11.6. The Balaban J connectivity index is 2.50. The largest absolute Gasteiger partial charge is 0.388 e. The summed E-state index contributed by atoms with van der Waals surface area (Å²) in [6.45, 7) is 2.05. The fourth-order valence-electron chi connectivity index (χ4n) is 2.42. The van der Waals surface area contributed by atoms with Gasteiger partial charge in [-0.15, -0.1) is 0 Å². The predicted molar refractivity (Wildman–Crippen MR) is 80.7 cm³/mol. The van der Waals surface area contributed by atoms with E-state index in [1.165, 1.54) is 0 Å². The second-order valence-corrected chi connectivity index (χ2v) is 4.68. The molecule has 0 aliphatic heterocycles. The van der Waals surface area contributed by atoms with E-state index in [9.17, 15) is 9.59 Å². The molecular formula is C17H17NO2. The third kappa shape index (κ3) is 2.62. The second kappa shape index (κ2) is 6.15. The van der Waals surface area contributed by atoms with E-state index in [-0.39, 0.29) is 5.92 Å². The van der Waals surface area contributed by atoms with Gasteiger partial charge >= 0.3 is 0 Å². The Kier molecular flexibility index (Phi) is 4.31. The summed E-state index contributed by atoms with van der Waals surface area (Å²) in [5.41, 5.74) is 4.28. The molecule has 102 valence electrons. The fourth-order valence-corrected chi connectivity index (χ4v) is 2.42. The lowest BCUT2D eigenvalue weighted by Crippen LogP contribution is -2.04. The molecule has 0 amide bonds. The van der Waals surface area contributed by atoms with Crippen molar-refractivity contribution in [2.75, 3.05) is 12.4 Å². The maximum atomic E-state index is 11.2. The molecule has 3 heteroatoms. The van der Waals surface area contributed by atoms with Gasteiger partial charge < -0.3 is 5.32 Å². The van der Waals surface area contributed by atoms with Crippen molar-refractivity contribution < 1.29 is 9.59 Å². The minimum Gasteiger partial charge on any atom is -0.388 e. The molecule has 2 rings (SSSR count). The summed E-state index contributed by atoms with van der Waals surface area (Å²) in [6, 6.07) is 13.1. The van der Waals surface area contributed by atoms with Gasteiger partial charge in [-0.05, 0) is 17.2 Å². The summed E-state index contributed by atoms with van der Waals surface area (Å²) in [6.07, 6.45) is 1.71. The van der Waals surface area contributed by atoms with Gasteiger partial charge in [-0.25, -0.2) is 0 Å². The molecule has 0 saturated heterocycles. The molecule has 0 fully saturated rings. The van der Waals surface area contributed by atoms with Gasteiger partial charge in [0.1, 0.15) is 12.6 Å². The fraction of sp³-hybridized carbons (Fsp3) is 0.176. The standard InChI is InChI=1S/C17H17NO2/c1-12(15-6-4-3-5-14(15)11-20)16-8-7-13(10-19)9-17(16)18-2/h3-12,18H,1-2H3. The van der Waals surface area contributed by atoms with Crippen LogP contribution in [0.2, 0.25) is 0 Å². The lowest BCUT2D eigenvalue weighted by atomic mass is 9.88. The number of benzene rings is 2. The van der Waals surface area contributed by atoms with E-state index >= 15 is 0 Å². The van der Waals surface area contributed by atoms with Crippen LogP contribution < -0.4 is 5.32 Å². The molecule has 0 spiro atoms. The van der Waals surface area contributed by atoms with Crippen molar-refractivity contribution in [2.24, 2.45) is 0 Å². The first kappa shape index (κ1) is 14.0. The van der Waals surface area contributed by atoms with E-state index in [0.717, 1.165) is 29.4 Å². The molecule has 20 heavy (non-hydrogen) atoms. The molecule has 0 saturated carbocycles. The molecule has 0 radical (unpaired) electrons. The first-order valence-electron chi connectivity index (χ1n) is 6.52. The van der Waals surface area contributed by atoms with Gasteiger partial charge in [-0.3, -0.25) is 9.59 Å². The Hall–Kier alpha value is -2.42. The quantitative estimate of drug-likeness (QED) is 0.843. The van der Waals surface area contributed by atoms with E-state index in [4.69, 9.17) is 0 Å². The summed E-state index contributed by atoms with van der Waals surface area (Å²) in [7, 11) is 1.83. The third-order valence-electron chi connectivity index (χ3n) is 3.54. The molecule has 1 unspecified atom stereocenters. The van der Waals surface area contributed by atoms with Crippen molar-refractivity contribution in [1.82, 2.24) is 0 Å². The van der Waals surface area contributed by atoms with Crippen LogP contribution >= 0.6 is 0 Å². The van der Waals surface area contributed by atoms with Gasteiger partial charge in [0.2, 0.25) is 0 Å². The smallest absolute Gasteiger partial charge is 0.150 e. The van der Waals surface area contributed by atoms with Gasteiger partial charge in [0.05, 0.1) is 0 Å². The highest BCUT2D eigenvalue weighted by molar-refractivity contribution is 5.80. The van der Waals surface area contributed by atoms with Gasteiger partial charge in [0, 0.05) is 29.8 Å². The topological polar surface area (TPSA) is 46.2 Å². The second-order valence-electron chi connectivity index (χ2n) is 4.68. The average molecular weight is 267 g/mol. The first-order chi connectivity index (χ1) is 9.71. The van der Waals surface area contributed by atoms with Crippen molar-refractivity contribution >= 4 is 18.3 Å². The van der Waals surface area contributed by atoms with E-state index in [1.807, 2.05) is 43.4 Å². The number of anilines is 1. The number of nitrogens with one attached hydrogen (secondary N) is 1. The van der Waals surface area contributed by atoms with Gasteiger partial charge in [-0.2, -0.15) is 0 Å². The summed E-state index contributed by atoms with van der Waals surface area (Å²) >= 11 is 0. The minimum atomic E-state index is 0.0690. The summed E-state index contributed by atoms with van der Waals surface area (Å²) in [5, 5.41) is 3.11. The molecular weight excluding hydrogens is 250 g/mol. The molecule has 1 atom stereocenters. The zero-order valence-corrected chi connectivity index (χ0v) is 11.6. The molecule has 0 aromatic heterocycles. The molecule has 0 heterocycles. The molecule has 2 aromatic rings. The van der Waals surface area contributed by atoms with Crippen LogP contribution in [0.4, 0.5) is 5.69 Å². The molecule has 0 aliphatic rings. The highest BCUT2D eigenvalue weighted by Gasteiger charge is 2.15. The number of carbonyl (C=O) groups is 2. The Morgan fingerprint density at radius 3 is 2.40 bits per heavy atom. The molecule has 3 nitrogen and oxygen atoms in total. The third-order valence-corrected chi connectivity index (χ3v) is 3.54. The number of hydrogen-bond donors (Lipinski definition) is 1. The molecule has 0 bridgehead atoms. The van der Waals surface area contributed by atoms with E-state index in [0.29, 0.717) is 11.1 Å². The van der Waals surface area contributed by atoms with E-state index in [2.05, 4.69) is 12.2 Å². The van der Waals surface area contributed by atoms with E-state index < -0.39 is 0 Å². The van der Waals surface area contributed by atoms with Crippen molar-refractivity contribution in [3.63, 3.8) is 0 Å². The maximum Gasteiger partial charge on any atom is 0.150 e. The summed E-state index contributed by atoms with van der Waals surface area (Å²) in [4.78, 5) is 22.0. The lowest BCUT2D eigenvalue weighted by molar-refractivity contribution is 0.111. The van der Waals surface area contributed by atoms with Gasteiger partial charge in [0.25, 0.3) is 0 Å². The van der Waals surface area contributed by atoms with Gasteiger partial charge in [0.15, 0.2) is 0 Å². The maximum absolute atomic E-state index is 11.2. The SMILES string of the molecule is CNc1cc(C=O)ccc1C(C)c1ccccc1C=O. The van der Waals surface area contributed by atoms with Crippen LogP contribution in [0.25, 0.3) is 0 Å². The van der Waals surface area contributed by atoms with Crippen molar-refractivity contribution in [3.8, 4) is 0 Å². The highest BCUT2D eigenvalue weighted by Crippen LogP contribution is 2.31. The first-order valence-corrected chi connectivity index (χ1v) is 6.52. The molecule has 1 N–H and O–H groups in total. The zero-order chi connectivity index (χ0) is 14.5. The van der Waals surface area contributed by atoms with Crippen molar-refractivity contribution in [3.05, 3.63) is 64.7 Å². The minimum absolute atomic E-state index is 0.0690. The Morgan fingerprint density at radius 2 is 1.75 bits per heavy atom. The van der Waals surface area contributed by atoms with Crippen LogP contribution in [-0.2, 0) is 0 Å². The Bertz CT molecular complexity index is 635. The Labute approximate surface area is 118 Å². The number of rotatable bonds is 5. The summed E-state index contributed by atoms with van der Waals surface area (Å²) in [5.74, 6) is 0.0690. The molecule has 0 aliphatic carbocycles. The van der Waals surface area contributed by atoms with Crippen LogP contribution in [-0.4, -0.2) is 19.6 Å². The summed E-state index contributed by atoms with van der Waals surface area (Å²) < 4.78 is 0. The Morgan fingerprint density at radius 1 is 1.00 bits per heavy atom. The number of carbonyl (C=O) groups excluding carboxylic acids is 2. The predicted octanol–water partition coefficient (Wildman–Crippen LogP) is 3.51. The highest BCUT2D eigenvalue weighted by atomic mass is 16.1. The van der Waals surface area contributed by atoms with Crippen LogP contribution in [0.3, 0.4) is 0 Å². The van der Waals surface area contributed by atoms with Crippen LogP contribution in [0.5, 0.6) is 0 Å². The number of hydrogen-bond acceptors (Lipinski definition) is 3.